The normalized spacial score (nSPS) is 18.9. The molecule has 0 atom stereocenters. The minimum absolute atomic E-state index is 0.264. The van der Waals surface area contributed by atoms with E-state index >= 15 is 0 Å². The van der Waals surface area contributed by atoms with Gasteiger partial charge in [-0.05, 0) is 43.9 Å². The van der Waals surface area contributed by atoms with Gasteiger partial charge in [-0.3, -0.25) is 4.79 Å². The van der Waals surface area contributed by atoms with E-state index in [-0.39, 0.29) is 5.91 Å². The van der Waals surface area contributed by atoms with E-state index in [0.29, 0.717) is 19.4 Å². The van der Waals surface area contributed by atoms with Crippen molar-refractivity contribution in [2.75, 3.05) is 36.0 Å². The molecule has 7 heteroatoms. The number of anilines is 2. The lowest BCUT2D eigenvalue weighted by Crippen LogP contribution is -2.48. The molecule has 0 unspecified atom stereocenters. The monoisotopic (exact) mass is 381 g/mol. The number of piperazine rings is 1. The largest absolute Gasteiger partial charge is 0.380 e. The number of pyridine rings is 2. The van der Waals surface area contributed by atoms with E-state index in [2.05, 4.69) is 25.1 Å². The molecule has 4 rings (SSSR count). The predicted octanol–water partition coefficient (Wildman–Crippen LogP) is 1.72. The lowest BCUT2D eigenvalue weighted by Gasteiger charge is -2.36. The average Bonchev–Trinajstić information content (AvgIpc) is 3.21. The van der Waals surface area contributed by atoms with Crippen LogP contribution in [0.4, 0.5) is 11.6 Å². The van der Waals surface area contributed by atoms with Gasteiger partial charge in [-0.25, -0.2) is 9.97 Å². The van der Waals surface area contributed by atoms with Gasteiger partial charge in [-0.1, -0.05) is 12.1 Å². The Morgan fingerprint density at radius 2 is 1.71 bits per heavy atom. The lowest BCUT2D eigenvalue weighted by molar-refractivity contribution is -0.139. The van der Waals surface area contributed by atoms with Crippen molar-refractivity contribution in [3.8, 4) is 0 Å². The highest BCUT2D eigenvalue weighted by molar-refractivity contribution is 5.85. The summed E-state index contributed by atoms with van der Waals surface area (Å²) in [7, 11) is 0. The van der Waals surface area contributed by atoms with Crippen molar-refractivity contribution in [3.63, 3.8) is 0 Å². The molecule has 1 aliphatic carbocycles. The molecule has 0 spiro atoms. The van der Waals surface area contributed by atoms with Gasteiger partial charge in [0.1, 0.15) is 17.2 Å². The molecule has 2 aliphatic rings. The summed E-state index contributed by atoms with van der Waals surface area (Å²) in [5.41, 5.74) is -0.222. The van der Waals surface area contributed by atoms with Gasteiger partial charge in [0, 0.05) is 50.7 Å². The first kappa shape index (κ1) is 18.7. The van der Waals surface area contributed by atoms with E-state index in [4.69, 9.17) is 0 Å². The van der Waals surface area contributed by atoms with E-state index in [0.717, 1.165) is 56.2 Å². The van der Waals surface area contributed by atoms with Crippen molar-refractivity contribution in [1.29, 1.82) is 0 Å². The molecular weight excluding hydrogens is 354 g/mol. The molecule has 3 heterocycles. The summed E-state index contributed by atoms with van der Waals surface area (Å²) in [4.78, 5) is 26.0. The quantitative estimate of drug-likeness (QED) is 0.821. The van der Waals surface area contributed by atoms with Crippen molar-refractivity contribution < 1.29 is 9.90 Å². The van der Waals surface area contributed by atoms with Gasteiger partial charge in [0.05, 0.1) is 0 Å². The van der Waals surface area contributed by atoms with Crippen LogP contribution in [0.25, 0.3) is 0 Å². The third-order valence-corrected chi connectivity index (χ3v) is 5.71. The number of carbonyl (C=O) groups is 1. The first-order valence-corrected chi connectivity index (χ1v) is 10.0. The maximum absolute atomic E-state index is 12.4. The Balaban J connectivity index is 1.39. The van der Waals surface area contributed by atoms with Crippen LogP contribution in [0.5, 0.6) is 0 Å². The smallest absolute Gasteiger partial charge is 0.252 e. The Hall–Kier alpha value is -2.67. The fraction of sp³-hybridized carbons (Fsp3) is 0.476. The molecule has 2 fully saturated rings. The molecule has 7 nitrogen and oxygen atoms in total. The summed E-state index contributed by atoms with van der Waals surface area (Å²) >= 11 is 0. The number of amides is 1. The van der Waals surface area contributed by atoms with E-state index in [9.17, 15) is 9.90 Å². The van der Waals surface area contributed by atoms with Gasteiger partial charge in [0.2, 0.25) is 0 Å². The molecule has 1 aliphatic heterocycles. The third kappa shape index (κ3) is 3.94. The summed E-state index contributed by atoms with van der Waals surface area (Å²) in [5.74, 6) is 1.64. The highest BCUT2D eigenvalue weighted by atomic mass is 16.3. The van der Waals surface area contributed by atoms with E-state index in [1.807, 2.05) is 36.5 Å². The SMILES string of the molecule is O=C(NCc1cccnc1N1CCN(c2ccccn2)CC1)C1(O)CCCC1. The number of carbonyl (C=O) groups excluding carboxylic acids is 1. The van der Waals surface area contributed by atoms with Crippen molar-refractivity contribution >= 4 is 17.5 Å². The first-order chi connectivity index (χ1) is 13.7. The third-order valence-electron chi connectivity index (χ3n) is 5.71. The van der Waals surface area contributed by atoms with Crippen molar-refractivity contribution in [3.05, 3.63) is 48.3 Å². The fourth-order valence-electron chi connectivity index (χ4n) is 4.07. The summed E-state index contributed by atoms with van der Waals surface area (Å²) in [5, 5.41) is 13.4. The molecule has 28 heavy (non-hydrogen) atoms. The molecule has 0 radical (unpaired) electrons. The highest BCUT2D eigenvalue weighted by Gasteiger charge is 2.38. The predicted molar refractivity (Wildman–Crippen MR) is 108 cm³/mol. The minimum Gasteiger partial charge on any atom is -0.380 e. The fourth-order valence-corrected chi connectivity index (χ4v) is 4.07. The van der Waals surface area contributed by atoms with Crippen LogP contribution in [-0.4, -0.2) is 52.8 Å². The van der Waals surface area contributed by atoms with Crippen LogP contribution in [0, 0.1) is 0 Å². The summed E-state index contributed by atoms with van der Waals surface area (Å²) < 4.78 is 0. The van der Waals surface area contributed by atoms with Crippen LogP contribution < -0.4 is 15.1 Å². The number of nitrogens with one attached hydrogen (secondary N) is 1. The molecular formula is C21H27N5O2. The number of aliphatic hydroxyl groups is 1. The lowest BCUT2D eigenvalue weighted by atomic mass is 10.0. The topological polar surface area (TPSA) is 81.6 Å². The van der Waals surface area contributed by atoms with E-state index in [1.165, 1.54) is 0 Å². The Bertz CT molecular complexity index is 799. The van der Waals surface area contributed by atoms with Gasteiger partial charge in [-0.2, -0.15) is 0 Å². The Labute approximate surface area is 165 Å². The van der Waals surface area contributed by atoms with Gasteiger partial charge < -0.3 is 20.2 Å². The minimum atomic E-state index is -1.20. The zero-order chi connectivity index (χ0) is 19.4. The highest BCUT2D eigenvalue weighted by Crippen LogP contribution is 2.29. The summed E-state index contributed by atoms with van der Waals surface area (Å²) in [6.45, 7) is 3.82. The number of hydrogen-bond donors (Lipinski definition) is 2. The molecule has 0 bridgehead atoms. The second kappa shape index (κ2) is 8.14. The van der Waals surface area contributed by atoms with Crippen molar-refractivity contribution in [1.82, 2.24) is 15.3 Å². The van der Waals surface area contributed by atoms with Gasteiger partial charge >= 0.3 is 0 Å². The summed E-state index contributed by atoms with van der Waals surface area (Å²) in [6.07, 6.45) is 6.52. The van der Waals surface area contributed by atoms with Gasteiger partial charge in [0.25, 0.3) is 5.91 Å². The Kier molecular flexibility index (Phi) is 5.43. The molecule has 1 amide bonds. The van der Waals surface area contributed by atoms with E-state index < -0.39 is 5.60 Å². The van der Waals surface area contributed by atoms with E-state index in [1.54, 1.807) is 6.20 Å². The van der Waals surface area contributed by atoms with Crippen molar-refractivity contribution in [2.24, 2.45) is 0 Å². The zero-order valence-electron chi connectivity index (χ0n) is 16.0. The zero-order valence-corrected chi connectivity index (χ0v) is 16.0. The number of aromatic nitrogens is 2. The standard InChI is InChI=1S/C21H27N5O2/c27-20(21(28)8-2-3-9-21)24-16-17-6-5-11-23-19(17)26-14-12-25(13-15-26)18-7-1-4-10-22-18/h1,4-7,10-11,28H,2-3,8-9,12-16H2,(H,24,27). The molecule has 1 saturated carbocycles. The van der Waals surface area contributed by atoms with Crippen LogP contribution in [0.3, 0.4) is 0 Å². The van der Waals surface area contributed by atoms with Crippen LogP contribution in [0.15, 0.2) is 42.7 Å². The van der Waals surface area contributed by atoms with Crippen LogP contribution >= 0.6 is 0 Å². The molecule has 148 valence electrons. The molecule has 2 aromatic rings. The molecule has 2 aromatic heterocycles. The maximum atomic E-state index is 12.4. The number of rotatable bonds is 5. The van der Waals surface area contributed by atoms with Crippen LogP contribution in [-0.2, 0) is 11.3 Å². The average molecular weight is 381 g/mol. The summed E-state index contributed by atoms with van der Waals surface area (Å²) in [6, 6.07) is 9.85. The second-order valence-electron chi connectivity index (χ2n) is 7.57. The number of hydrogen-bond acceptors (Lipinski definition) is 6. The van der Waals surface area contributed by atoms with Gasteiger partial charge in [0.15, 0.2) is 0 Å². The Morgan fingerprint density at radius 1 is 1.00 bits per heavy atom. The molecule has 2 N–H and O–H groups in total. The van der Waals surface area contributed by atoms with Gasteiger partial charge in [-0.15, -0.1) is 0 Å². The molecule has 1 saturated heterocycles. The van der Waals surface area contributed by atoms with Crippen molar-refractivity contribution in [2.45, 2.75) is 37.8 Å². The molecule has 0 aromatic carbocycles. The first-order valence-electron chi connectivity index (χ1n) is 10.0. The second-order valence-corrected chi connectivity index (χ2v) is 7.57. The Morgan fingerprint density at radius 3 is 2.43 bits per heavy atom. The number of nitrogens with zero attached hydrogens (tertiary/aromatic N) is 4. The van der Waals surface area contributed by atoms with Crippen LogP contribution in [0.2, 0.25) is 0 Å². The van der Waals surface area contributed by atoms with Crippen LogP contribution in [0.1, 0.15) is 31.2 Å². The maximum Gasteiger partial charge on any atom is 0.252 e.